The van der Waals surface area contributed by atoms with Gasteiger partial charge in [-0.05, 0) is 18.2 Å². The number of benzene rings is 1. The van der Waals surface area contributed by atoms with Crippen LogP contribution in [0.4, 0.5) is 5.69 Å². The molecular formula is C16H12ClN5O. The third kappa shape index (κ3) is 3.44. The van der Waals surface area contributed by atoms with E-state index in [4.69, 9.17) is 11.6 Å². The van der Waals surface area contributed by atoms with Gasteiger partial charge in [-0.3, -0.25) is 15.2 Å². The monoisotopic (exact) mass is 325 g/mol. The number of anilines is 1. The number of nitrogens with zero attached hydrogens (tertiary/aromatic N) is 4. The second kappa shape index (κ2) is 6.85. The molecule has 23 heavy (non-hydrogen) atoms. The smallest absolute Gasteiger partial charge is 0.275 e. The molecule has 0 aliphatic heterocycles. The van der Waals surface area contributed by atoms with E-state index in [1.165, 1.54) is 10.9 Å². The first-order valence-electron chi connectivity index (χ1n) is 6.78. The molecule has 0 saturated carbocycles. The van der Waals surface area contributed by atoms with Crippen molar-refractivity contribution in [3.8, 4) is 5.69 Å². The van der Waals surface area contributed by atoms with Gasteiger partial charge >= 0.3 is 0 Å². The molecule has 0 bridgehead atoms. The summed E-state index contributed by atoms with van der Waals surface area (Å²) in [5.41, 5.74) is 4.10. The second-order valence-corrected chi connectivity index (χ2v) is 4.96. The van der Waals surface area contributed by atoms with Crippen molar-refractivity contribution in [1.29, 1.82) is 0 Å². The number of pyridine rings is 1. The Balaban J connectivity index is 1.84. The zero-order chi connectivity index (χ0) is 16.1. The highest BCUT2D eigenvalue weighted by Crippen LogP contribution is 2.16. The Morgan fingerprint density at radius 3 is 2.70 bits per heavy atom. The van der Waals surface area contributed by atoms with E-state index in [1.54, 1.807) is 36.8 Å². The third-order valence-corrected chi connectivity index (χ3v) is 3.37. The Morgan fingerprint density at radius 2 is 1.96 bits per heavy atom. The van der Waals surface area contributed by atoms with E-state index >= 15 is 0 Å². The molecule has 3 rings (SSSR count). The summed E-state index contributed by atoms with van der Waals surface area (Å²) in [5, 5.41) is 8.16. The van der Waals surface area contributed by atoms with Crippen molar-refractivity contribution in [2.75, 3.05) is 5.43 Å². The quantitative estimate of drug-likeness (QED) is 0.591. The lowest BCUT2D eigenvalue weighted by molar-refractivity contribution is 0.808. The molecule has 1 N–H and O–H groups in total. The highest BCUT2D eigenvalue weighted by atomic mass is 35.5. The van der Waals surface area contributed by atoms with E-state index in [9.17, 15) is 4.79 Å². The highest BCUT2D eigenvalue weighted by molar-refractivity contribution is 6.32. The molecule has 0 amide bonds. The van der Waals surface area contributed by atoms with Crippen LogP contribution < -0.4 is 11.0 Å². The van der Waals surface area contributed by atoms with Crippen LogP contribution >= 0.6 is 11.6 Å². The zero-order valence-corrected chi connectivity index (χ0v) is 12.7. The lowest BCUT2D eigenvalue weighted by atomic mass is 10.3. The first-order valence-corrected chi connectivity index (χ1v) is 7.16. The Kier molecular flexibility index (Phi) is 4.44. The number of aromatic nitrogens is 3. The molecule has 3 aromatic rings. The van der Waals surface area contributed by atoms with Crippen molar-refractivity contribution >= 4 is 23.5 Å². The summed E-state index contributed by atoms with van der Waals surface area (Å²) in [7, 11) is 0. The summed E-state index contributed by atoms with van der Waals surface area (Å²) in [6, 6.07) is 12.7. The van der Waals surface area contributed by atoms with Gasteiger partial charge in [0.1, 0.15) is 10.7 Å². The number of rotatable bonds is 4. The van der Waals surface area contributed by atoms with E-state index in [0.29, 0.717) is 11.4 Å². The predicted molar refractivity (Wildman–Crippen MR) is 90.3 cm³/mol. The van der Waals surface area contributed by atoms with Gasteiger partial charge in [-0.15, -0.1) is 0 Å². The largest absolute Gasteiger partial charge is 0.292 e. The van der Waals surface area contributed by atoms with E-state index in [2.05, 4.69) is 20.6 Å². The van der Waals surface area contributed by atoms with E-state index in [-0.39, 0.29) is 5.02 Å². The average Bonchev–Trinajstić information content (AvgIpc) is 2.60. The molecule has 114 valence electrons. The van der Waals surface area contributed by atoms with Gasteiger partial charge in [0.25, 0.3) is 5.56 Å². The minimum absolute atomic E-state index is 0.0205. The minimum atomic E-state index is -0.417. The maximum Gasteiger partial charge on any atom is 0.292 e. The molecule has 0 aliphatic rings. The SMILES string of the molecule is O=c1c(Cl)c(N/N=C/c2cccnc2)cnn1-c1ccccc1. The lowest BCUT2D eigenvalue weighted by Crippen LogP contribution is -2.22. The standard InChI is InChI=1S/C16H12ClN5O/c17-15-14(21-19-10-12-5-4-8-18-9-12)11-20-22(16(15)23)13-6-2-1-3-7-13/h1-11,21H/b19-10+. The van der Waals surface area contributed by atoms with Crippen molar-refractivity contribution in [2.24, 2.45) is 5.10 Å². The molecule has 0 spiro atoms. The molecular weight excluding hydrogens is 314 g/mol. The molecule has 7 heteroatoms. The van der Waals surface area contributed by atoms with Crippen LogP contribution in [0.15, 0.2) is 71.0 Å². The Hall–Kier alpha value is -2.99. The van der Waals surface area contributed by atoms with Crippen LogP contribution in [0, 0.1) is 0 Å². The number of nitrogens with one attached hydrogen (secondary N) is 1. The molecule has 0 radical (unpaired) electrons. The van der Waals surface area contributed by atoms with Gasteiger partial charge in [0, 0.05) is 18.0 Å². The molecule has 6 nitrogen and oxygen atoms in total. The van der Waals surface area contributed by atoms with Crippen molar-refractivity contribution < 1.29 is 0 Å². The van der Waals surface area contributed by atoms with Crippen LogP contribution in [0.5, 0.6) is 0 Å². The Bertz CT molecular complexity index is 878. The molecule has 2 aromatic heterocycles. The molecule has 0 fully saturated rings. The van der Waals surface area contributed by atoms with Gasteiger partial charge in [-0.2, -0.15) is 14.9 Å². The first kappa shape index (κ1) is 14.9. The fourth-order valence-electron chi connectivity index (χ4n) is 1.89. The van der Waals surface area contributed by atoms with Gasteiger partial charge in [0.2, 0.25) is 0 Å². The predicted octanol–water partition coefficient (Wildman–Crippen LogP) is 2.73. The molecule has 0 unspecified atom stereocenters. The summed E-state index contributed by atoms with van der Waals surface area (Å²) in [5.74, 6) is 0. The normalized spacial score (nSPS) is 10.8. The van der Waals surface area contributed by atoms with Crippen LogP contribution in [0.1, 0.15) is 5.56 Å². The summed E-state index contributed by atoms with van der Waals surface area (Å²) in [4.78, 5) is 16.3. The van der Waals surface area contributed by atoms with Crippen molar-refractivity contribution in [3.63, 3.8) is 0 Å². The van der Waals surface area contributed by atoms with Gasteiger partial charge in [-0.25, -0.2) is 0 Å². The number of halogens is 1. The fourth-order valence-corrected chi connectivity index (χ4v) is 2.06. The van der Waals surface area contributed by atoms with Crippen LogP contribution in [0.25, 0.3) is 5.69 Å². The number of hydrazone groups is 1. The molecule has 1 aromatic carbocycles. The summed E-state index contributed by atoms with van der Waals surface area (Å²) in [6.45, 7) is 0. The Labute approximate surface area is 137 Å². The zero-order valence-electron chi connectivity index (χ0n) is 11.9. The Morgan fingerprint density at radius 1 is 1.13 bits per heavy atom. The molecule has 0 aliphatic carbocycles. The van der Waals surface area contributed by atoms with Crippen LogP contribution in [-0.4, -0.2) is 21.0 Å². The molecule has 0 saturated heterocycles. The number of hydrogen-bond acceptors (Lipinski definition) is 5. The van der Waals surface area contributed by atoms with Crippen LogP contribution in [0.2, 0.25) is 5.02 Å². The fraction of sp³-hybridized carbons (Fsp3) is 0. The van der Waals surface area contributed by atoms with Crippen LogP contribution in [-0.2, 0) is 0 Å². The number of hydrogen-bond donors (Lipinski definition) is 1. The average molecular weight is 326 g/mol. The van der Waals surface area contributed by atoms with E-state index in [1.807, 2.05) is 24.3 Å². The van der Waals surface area contributed by atoms with Gasteiger partial charge in [-0.1, -0.05) is 35.9 Å². The van der Waals surface area contributed by atoms with Crippen molar-refractivity contribution in [2.45, 2.75) is 0 Å². The third-order valence-electron chi connectivity index (χ3n) is 3.00. The molecule has 0 atom stereocenters. The van der Waals surface area contributed by atoms with Gasteiger partial charge in [0.05, 0.1) is 18.1 Å². The van der Waals surface area contributed by atoms with E-state index in [0.717, 1.165) is 5.56 Å². The maximum absolute atomic E-state index is 12.3. The molecule has 2 heterocycles. The van der Waals surface area contributed by atoms with Gasteiger partial charge in [0.15, 0.2) is 0 Å². The highest BCUT2D eigenvalue weighted by Gasteiger charge is 2.09. The maximum atomic E-state index is 12.3. The minimum Gasteiger partial charge on any atom is -0.275 e. The topological polar surface area (TPSA) is 72.2 Å². The second-order valence-electron chi connectivity index (χ2n) is 4.58. The van der Waals surface area contributed by atoms with Crippen molar-refractivity contribution in [3.05, 3.63) is 82.0 Å². The van der Waals surface area contributed by atoms with Crippen LogP contribution in [0.3, 0.4) is 0 Å². The summed E-state index contributed by atoms with van der Waals surface area (Å²) >= 11 is 6.11. The van der Waals surface area contributed by atoms with Gasteiger partial charge < -0.3 is 0 Å². The first-order chi connectivity index (χ1) is 11.3. The van der Waals surface area contributed by atoms with Crippen molar-refractivity contribution in [1.82, 2.24) is 14.8 Å². The van der Waals surface area contributed by atoms with E-state index < -0.39 is 5.56 Å². The number of para-hydroxylation sites is 1. The lowest BCUT2D eigenvalue weighted by Gasteiger charge is -2.07. The summed E-state index contributed by atoms with van der Waals surface area (Å²) in [6.07, 6.45) is 6.37. The summed E-state index contributed by atoms with van der Waals surface area (Å²) < 4.78 is 1.23.